The van der Waals surface area contributed by atoms with Crippen molar-refractivity contribution in [2.75, 3.05) is 44.2 Å². The minimum absolute atomic E-state index is 0.0453. The SMILES string of the molecule is CCN1CCCCC(NC(=O)N2CCN(c3ccnc4cc(Cl)ccc34)CC2)C1=O. The maximum absolute atomic E-state index is 12.8. The van der Waals surface area contributed by atoms with Crippen LogP contribution in [0.4, 0.5) is 10.5 Å². The van der Waals surface area contributed by atoms with Crippen LogP contribution in [0, 0.1) is 0 Å². The maximum atomic E-state index is 12.8. The van der Waals surface area contributed by atoms with Gasteiger partial charge in [-0.3, -0.25) is 9.78 Å². The van der Waals surface area contributed by atoms with Gasteiger partial charge in [0.25, 0.3) is 0 Å². The monoisotopic (exact) mass is 429 g/mol. The molecule has 1 unspecified atom stereocenters. The van der Waals surface area contributed by atoms with E-state index in [4.69, 9.17) is 11.6 Å². The van der Waals surface area contributed by atoms with Gasteiger partial charge < -0.3 is 20.0 Å². The second-order valence-corrected chi connectivity index (χ2v) is 8.32. The van der Waals surface area contributed by atoms with Crippen LogP contribution in [0.2, 0.25) is 5.02 Å². The molecule has 1 atom stereocenters. The largest absolute Gasteiger partial charge is 0.367 e. The minimum atomic E-state index is -0.410. The predicted molar refractivity (Wildman–Crippen MR) is 119 cm³/mol. The number of likely N-dealkylation sites (tertiary alicyclic amines) is 1. The van der Waals surface area contributed by atoms with E-state index in [0.29, 0.717) is 31.1 Å². The Bertz CT molecular complexity index is 929. The third kappa shape index (κ3) is 4.31. The Kier molecular flexibility index (Phi) is 6.27. The van der Waals surface area contributed by atoms with Crippen LogP contribution in [0.15, 0.2) is 30.5 Å². The molecule has 3 heterocycles. The van der Waals surface area contributed by atoms with Crippen molar-refractivity contribution < 1.29 is 9.59 Å². The second kappa shape index (κ2) is 9.08. The highest BCUT2D eigenvalue weighted by Gasteiger charge is 2.30. The summed E-state index contributed by atoms with van der Waals surface area (Å²) in [6.07, 6.45) is 4.46. The number of rotatable bonds is 3. The van der Waals surface area contributed by atoms with Gasteiger partial charge in [-0.05, 0) is 50.5 Å². The summed E-state index contributed by atoms with van der Waals surface area (Å²) in [4.78, 5) is 35.8. The molecule has 1 N–H and O–H groups in total. The van der Waals surface area contributed by atoms with Gasteiger partial charge >= 0.3 is 6.03 Å². The van der Waals surface area contributed by atoms with E-state index >= 15 is 0 Å². The smallest absolute Gasteiger partial charge is 0.318 e. The van der Waals surface area contributed by atoms with Gasteiger partial charge in [0.05, 0.1) is 5.52 Å². The topological polar surface area (TPSA) is 68.8 Å². The van der Waals surface area contributed by atoms with Crippen molar-refractivity contribution in [1.29, 1.82) is 0 Å². The van der Waals surface area contributed by atoms with Gasteiger partial charge in [0.1, 0.15) is 6.04 Å². The summed E-state index contributed by atoms with van der Waals surface area (Å²) in [5, 5.41) is 4.71. The number of hydrogen-bond donors (Lipinski definition) is 1. The van der Waals surface area contributed by atoms with E-state index in [1.54, 1.807) is 6.20 Å². The van der Waals surface area contributed by atoms with Crippen LogP contribution in [-0.4, -0.2) is 72.0 Å². The number of hydrogen-bond acceptors (Lipinski definition) is 4. The fourth-order valence-corrected chi connectivity index (χ4v) is 4.49. The predicted octanol–water partition coefficient (Wildman–Crippen LogP) is 3.12. The number of aromatic nitrogens is 1. The summed E-state index contributed by atoms with van der Waals surface area (Å²) in [5.74, 6) is 0.0453. The normalized spacial score (nSPS) is 20.4. The van der Waals surface area contributed by atoms with Crippen molar-refractivity contribution in [3.8, 4) is 0 Å². The Morgan fingerprint density at radius 2 is 1.97 bits per heavy atom. The van der Waals surface area contributed by atoms with Gasteiger partial charge in [0.15, 0.2) is 0 Å². The molecule has 0 bridgehead atoms. The molecule has 30 heavy (non-hydrogen) atoms. The third-order valence-corrected chi connectivity index (χ3v) is 6.28. The van der Waals surface area contributed by atoms with Crippen LogP contribution in [0.25, 0.3) is 10.9 Å². The first-order valence-electron chi connectivity index (χ1n) is 10.7. The van der Waals surface area contributed by atoms with Gasteiger partial charge in [-0.1, -0.05) is 11.6 Å². The molecule has 0 spiro atoms. The first-order valence-corrected chi connectivity index (χ1v) is 11.1. The number of anilines is 1. The van der Waals surface area contributed by atoms with Gasteiger partial charge in [0, 0.05) is 61.6 Å². The summed E-state index contributed by atoms with van der Waals surface area (Å²) < 4.78 is 0. The van der Waals surface area contributed by atoms with E-state index in [2.05, 4.69) is 15.2 Å². The highest BCUT2D eigenvalue weighted by molar-refractivity contribution is 6.31. The quantitative estimate of drug-likeness (QED) is 0.813. The lowest BCUT2D eigenvalue weighted by molar-refractivity contribution is -0.132. The van der Waals surface area contributed by atoms with Crippen LogP contribution in [0.1, 0.15) is 26.2 Å². The lowest BCUT2D eigenvalue weighted by Gasteiger charge is -2.37. The number of benzene rings is 1. The highest BCUT2D eigenvalue weighted by Crippen LogP contribution is 2.28. The summed E-state index contributed by atoms with van der Waals surface area (Å²) in [7, 11) is 0. The number of urea groups is 1. The van der Waals surface area contributed by atoms with E-state index < -0.39 is 6.04 Å². The zero-order valence-electron chi connectivity index (χ0n) is 17.3. The van der Waals surface area contributed by atoms with Crippen LogP contribution >= 0.6 is 11.6 Å². The minimum Gasteiger partial charge on any atom is -0.367 e. The van der Waals surface area contributed by atoms with Gasteiger partial charge in [-0.15, -0.1) is 0 Å². The molecule has 2 aromatic rings. The fraction of sp³-hybridized carbons (Fsp3) is 0.500. The molecule has 7 nitrogen and oxygen atoms in total. The molecule has 0 radical (unpaired) electrons. The molecular weight excluding hydrogens is 402 g/mol. The molecule has 2 aliphatic rings. The number of carbonyl (C=O) groups excluding carboxylic acids is 2. The summed E-state index contributed by atoms with van der Waals surface area (Å²) in [6, 6.07) is 7.20. The standard InChI is InChI=1S/C22H28ClN5O2/c1-2-26-10-4-3-5-18(21(26)29)25-22(30)28-13-11-27(12-14-28)20-8-9-24-19-15-16(23)6-7-17(19)20/h6-9,15,18H,2-5,10-14H2,1H3,(H,25,30). The number of nitrogens with one attached hydrogen (secondary N) is 1. The van der Waals surface area contributed by atoms with Crippen molar-refractivity contribution in [2.24, 2.45) is 0 Å². The zero-order chi connectivity index (χ0) is 21.1. The number of amides is 3. The number of fused-ring (bicyclic) bond motifs is 1. The number of nitrogens with zero attached hydrogens (tertiary/aromatic N) is 4. The fourth-order valence-electron chi connectivity index (χ4n) is 4.33. The van der Waals surface area contributed by atoms with E-state index in [1.165, 1.54) is 0 Å². The van der Waals surface area contributed by atoms with Gasteiger partial charge in [-0.25, -0.2) is 4.79 Å². The molecule has 2 fully saturated rings. The first kappa shape index (κ1) is 20.7. The van der Waals surface area contributed by atoms with Gasteiger partial charge in [-0.2, -0.15) is 0 Å². The van der Waals surface area contributed by atoms with Crippen LogP contribution < -0.4 is 10.2 Å². The lowest BCUT2D eigenvalue weighted by atomic mass is 10.1. The van der Waals surface area contributed by atoms with Crippen LogP contribution in [0.5, 0.6) is 0 Å². The molecule has 0 saturated carbocycles. The van der Waals surface area contributed by atoms with E-state index in [9.17, 15) is 9.59 Å². The van der Waals surface area contributed by atoms with E-state index in [1.807, 2.05) is 41.0 Å². The molecule has 4 rings (SSSR count). The highest BCUT2D eigenvalue weighted by atomic mass is 35.5. The van der Waals surface area contributed by atoms with Crippen molar-refractivity contribution >= 4 is 40.1 Å². The van der Waals surface area contributed by atoms with Crippen molar-refractivity contribution in [2.45, 2.75) is 32.2 Å². The molecular formula is C22H28ClN5O2. The third-order valence-electron chi connectivity index (χ3n) is 6.05. The molecule has 1 aromatic carbocycles. The average molecular weight is 430 g/mol. The van der Waals surface area contributed by atoms with Crippen LogP contribution in [0.3, 0.4) is 0 Å². The van der Waals surface area contributed by atoms with E-state index in [0.717, 1.165) is 49.1 Å². The number of carbonyl (C=O) groups is 2. The molecule has 2 saturated heterocycles. The summed E-state index contributed by atoms with van der Waals surface area (Å²) in [6.45, 7) is 6.14. The second-order valence-electron chi connectivity index (χ2n) is 7.88. The summed E-state index contributed by atoms with van der Waals surface area (Å²) in [5.41, 5.74) is 1.97. The zero-order valence-corrected chi connectivity index (χ0v) is 18.1. The number of halogens is 1. The average Bonchev–Trinajstić information content (AvgIpc) is 2.94. The molecule has 160 valence electrons. The van der Waals surface area contributed by atoms with Crippen molar-refractivity contribution in [3.05, 3.63) is 35.5 Å². The molecule has 8 heteroatoms. The molecule has 3 amide bonds. The lowest BCUT2D eigenvalue weighted by Crippen LogP contribution is -2.56. The Hall–Kier alpha value is -2.54. The maximum Gasteiger partial charge on any atom is 0.318 e. The summed E-state index contributed by atoms with van der Waals surface area (Å²) >= 11 is 6.10. The van der Waals surface area contributed by atoms with E-state index in [-0.39, 0.29) is 11.9 Å². The Morgan fingerprint density at radius 3 is 2.73 bits per heavy atom. The Morgan fingerprint density at radius 1 is 1.17 bits per heavy atom. The molecule has 2 aliphatic heterocycles. The number of likely N-dealkylation sites (N-methyl/N-ethyl adjacent to an activating group) is 1. The van der Waals surface area contributed by atoms with Crippen molar-refractivity contribution in [1.82, 2.24) is 20.1 Å². The number of piperazine rings is 1. The van der Waals surface area contributed by atoms with Crippen LogP contribution in [-0.2, 0) is 4.79 Å². The first-order chi connectivity index (χ1) is 14.6. The molecule has 1 aromatic heterocycles. The number of pyridine rings is 1. The van der Waals surface area contributed by atoms with Gasteiger partial charge in [0.2, 0.25) is 5.91 Å². The Labute approximate surface area is 182 Å². The molecule has 0 aliphatic carbocycles. The Balaban J connectivity index is 1.39. The van der Waals surface area contributed by atoms with Crippen molar-refractivity contribution in [3.63, 3.8) is 0 Å².